The number of esters is 1. The second-order valence-corrected chi connectivity index (χ2v) is 3.15. The van der Waals surface area contributed by atoms with Crippen LogP contribution >= 0.6 is 0 Å². The zero-order valence-corrected chi connectivity index (χ0v) is 9.37. The van der Waals surface area contributed by atoms with E-state index in [1.54, 1.807) is 12.1 Å². The quantitative estimate of drug-likeness (QED) is 0.563. The van der Waals surface area contributed by atoms with Gasteiger partial charge in [-0.25, -0.2) is 0 Å². The van der Waals surface area contributed by atoms with Gasteiger partial charge in [-0.15, -0.1) is 0 Å². The number of ether oxygens (including phenoxy) is 2. The third-order valence-electron chi connectivity index (χ3n) is 1.98. The van der Waals surface area contributed by atoms with Crippen LogP contribution in [0.2, 0.25) is 0 Å². The average molecular weight is 208 g/mol. The molecule has 0 heterocycles. The van der Waals surface area contributed by atoms with Gasteiger partial charge in [-0.05, 0) is 37.1 Å². The number of carbonyl (C=O) groups excluding carboxylic acids is 1. The number of carbonyl (C=O) groups is 1. The molecule has 0 aliphatic rings. The van der Waals surface area contributed by atoms with Gasteiger partial charge < -0.3 is 9.47 Å². The topological polar surface area (TPSA) is 35.5 Å². The second-order valence-electron chi connectivity index (χ2n) is 3.15. The van der Waals surface area contributed by atoms with Crippen LogP contribution in [0.1, 0.15) is 26.3 Å². The summed E-state index contributed by atoms with van der Waals surface area (Å²) in [5, 5.41) is 0. The molecule has 3 heteroatoms. The Bertz CT molecular complexity index is 345. The Balaban J connectivity index is 2.92. The van der Waals surface area contributed by atoms with E-state index in [-0.39, 0.29) is 5.97 Å². The van der Waals surface area contributed by atoms with Crippen molar-refractivity contribution < 1.29 is 14.3 Å². The lowest BCUT2D eigenvalue weighted by molar-refractivity contribution is -0.131. The lowest BCUT2D eigenvalue weighted by Crippen LogP contribution is -2.04. The SMILES string of the molecule is CCOc1ccc(OC(C)=O)c(CC)c1. The van der Waals surface area contributed by atoms with Crippen LogP contribution in [0.4, 0.5) is 0 Å². The van der Waals surface area contributed by atoms with Gasteiger partial charge in [0.25, 0.3) is 0 Å². The van der Waals surface area contributed by atoms with E-state index in [2.05, 4.69) is 0 Å². The minimum absolute atomic E-state index is 0.297. The normalized spacial score (nSPS) is 9.80. The molecule has 0 bridgehead atoms. The first-order valence-corrected chi connectivity index (χ1v) is 5.11. The Labute approximate surface area is 90.0 Å². The zero-order valence-electron chi connectivity index (χ0n) is 9.37. The van der Waals surface area contributed by atoms with Gasteiger partial charge in [0.05, 0.1) is 6.61 Å². The predicted octanol–water partition coefficient (Wildman–Crippen LogP) is 2.57. The zero-order chi connectivity index (χ0) is 11.3. The minimum atomic E-state index is -0.297. The number of hydrogen-bond donors (Lipinski definition) is 0. The molecule has 1 aromatic carbocycles. The fourth-order valence-electron chi connectivity index (χ4n) is 1.34. The Hall–Kier alpha value is -1.51. The second kappa shape index (κ2) is 5.39. The van der Waals surface area contributed by atoms with E-state index < -0.39 is 0 Å². The van der Waals surface area contributed by atoms with Crippen molar-refractivity contribution in [2.24, 2.45) is 0 Å². The fourth-order valence-corrected chi connectivity index (χ4v) is 1.34. The van der Waals surface area contributed by atoms with Crippen LogP contribution in [0.25, 0.3) is 0 Å². The molecule has 0 aromatic heterocycles. The van der Waals surface area contributed by atoms with Crippen LogP contribution in [0.15, 0.2) is 18.2 Å². The van der Waals surface area contributed by atoms with Gasteiger partial charge in [-0.3, -0.25) is 4.79 Å². The average Bonchev–Trinajstić information content (AvgIpc) is 2.20. The van der Waals surface area contributed by atoms with Crippen molar-refractivity contribution in [3.8, 4) is 11.5 Å². The van der Waals surface area contributed by atoms with Gasteiger partial charge in [0, 0.05) is 6.92 Å². The maximum atomic E-state index is 10.8. The molecular formula is C12H16O3. The lowest BCUT2D eigenvalue weighted by Gasteiger charge is -2.09. The minimum Gasteiger partial charge on any atom is -0.494 e. The third kappa shape index (κ3) is 3.27. The molecule has 0 aliphatic heterocycles. The van der Waals surface area contributed by atoms with Gasteiger partial charge in [0.1, 0.15) is 11.5 Å². The fraction of sp³-hybridized carbons (Fsp3) is 0.417. The van der Waals surface area contributed by atoms with Crippen LogP contribution in [0.3, 0.4) is 0 Å². The summed E-state index contributed by atoms with van der Waals surface area (Å²) in [6.45, 7) is 5.98. The Morgan fingerprint density at radius 1 is 1.33 bits per heavy atom. The van der Waals surface area contributed by atoms with Crippen molar-refractivity contribution in [1.29, 1.82) is 0 Å². The first kappa shape index (κ1) is 11.6. The van der Waals surface area contributed by atoms with Gasteiger partial charge in [-0.2, -0.15) is 0 Å². The highest BCUT2D eigenvalue weighted by Gasteiger charge is 2.06. The summed E-state index contributed by atoms with van der Waals surface area (Å²) in [4.78, 5) is 10.8. The van der Waals surface area contributed by atoms with Gasteiger partial charge >= 0.3 is 5.97 Å². The van der Waals surface area contributed by atoms with E-state index in [0.29, 0.717) is 12.4 Å². The molecule has 0 unspecified atom stereocenters. The van der Waals surface area contributed by atoms with Crippen molar-refractivity contribution in [3.05, 3.63) is 23.8 Å². The van der Waals surface area contributed by atoms with Crippen molar-refractivity contribution in [2.45, 2.75) is 27.2 Å². The standard InChI is InChI=1S/C12H16O3/c1-4-10-8-11(14-5-2)6-7-12(10)15-9(3)13/h6-8H,4-5H2,1-3H3. The summed E-state index contributed by atoms with van der Waals surface area (Å²) in [6, 6.07) is 5.48. The lowest BCUT2D eigenvalue weighted by atomic mass is 10.1. The van der Waals surface area contributed by atoms with Crippen LogP contribution in [0, 0.1) is 0 Å². The molecule has 1 aromatic rings. The molecule has 1 rings (SSSR count). The summed E-state index contributed by atoms with van der Waals surface area (Å²) in [5.74, 6) is 1.13. The predicted molar refractivity (Wildman–Crippen MR) is 58.3 cm³/mol. The number of rotatable bonds is 4. The van der Waals surface area contributed by atoms with Crippen molar-refractivity contribution >= 4 is 5.97 Å². The summed E-state index contributed by atoms with van der Waals surface area (Å²) >= 11 is 0. The smallest absolute Gasteiger partial charge is 0.308 e. The third-order valence-corrected chi connectivity index (χ3v) is 1.98. The van der Waals surface area contributed by atoms with Gasteiger partial charge in [0.2, 0.25) is 0 Å². The van der Waals surface area contributed by atoms with E-state index in [4.69, 9.17) is 9.47 Å². The molecule has 0 aliphatic carbocycles. The molecule has 0 atom stereocenters. The van der Waals surface area contributed by atoms with Crippen molar-refractivity contribution in [3.63, 3.8) is 0 Å². The van der Waals surface area contributed by atoms with Crippen molar-refractivity contribution in [1.82, 2.24) is 0 Å². The summed E-state index contributed by atoms with van der Waals surface area (Å²) in [5.41, 5.74) is 0.983. The van der Waals surface area contributed by atoms with Crippen molar-refractivity contribution in [2.75, 3.05) is 6.61 Å². The maximum Gasteiger partial charge on any atom is 0.308 e. The molecule has 0 N–H and O–H groups in total. The summed E-state index contributed by atoms with van der Waals surface area (Å²) in [7, 11) is 0. The maximum absolute atomic E-state index is 10.8. The molecule has 0 amide bonds. The largest absolute Gasteiger partial charge is 0.494 e. The van der Waals surface area contributed by atoms with E-state index >= 15 is 0 Å². The first-order chi connectivity index (χ1) is 7.17. The summed E-state index contributed by atoms with van der Waals surface area (Å²) < 4.78 is 10.4. The van der Waals surface area contributed by atoms with E-state index in [0.717, 1.165) is 17.7 Å². The Morgan fingerprint density at radius 2 is 2.07 bits per heavy atom. The molecule has 0 radical (unpaired) electrons. The molecule has 0 saturated heterocycles. The van der Waals surface area contributed by atoms with Crippen LogP contribution < -0.4 is 9.47 Å². The Morgan fingerprint density at radius 3 is 2.60 bits per heavy atom. The number of benzene rings is 1. The molecule has 15 heavy (non-hydrogen) atoms. The monoisotopic (exact) mass is 208 g/mol. The van der Waals surface area contributed by atoms with Gasteiger partial charge in [0.15, 0.2) is 0 Å². The number of aryl methyl sites for hydroxylation is 1. The number of hydrogen-bond acceptors (Lipinski definition) is 3. The molecule has 0 fully saturated rings. The molecular weight excluding hydrogens is 192 g/mol. The summed E-state index contributed by atoms with van der Waals surface area (Å²) in [6.07, 6.45) is 0.809. The molecule has 82 valence electrons. The van der Waals surface area contributed by atoms with Crippen LogP contribution in [-0.4, -0.2) is 12.6 Å². The highest BCUT2D eigenvalue weighted by molar-refractivity contribution is 5.70. The molecule has 0 saturated carbocycles. The molecule has 0 spiro atoms. The van der Waals surface area contributed by atoms with Crippen LogP contribution in [0.5, 0.6) is 11.5 Å². The van der Waals surface area contributed by atoms with E-state index in [1.807, 2.05) is 19.9 Å². The first-order valence-electron chi connectivity index (χ1n) is 5.11. The Kier molecular flexibility index (Phi) is 4.16. The van der Waals surface area contributed by atoms with E-state index in [1.165, 1.54) is 6.92 Å². The van der Waals surface area contributed by atoms with Crippen LogP contribution in [-0.2, 0) is 11.2 Å². The highest BCUT2D eigenvalue weighted by Crippen LogP contribution is 2.24. The molecule has 3 nitrogen and oxygen atoms in total. The van der Waals surface area contributed by atoms with E-state index in [9.17, 15) is 4.79 Å². The highest BCUT2D eigenvalue weighted by atomic mass is 16.5. The van der Waals surface area contributed by atoms with Gasteiger partial charge in [-0.1, -0.05) is 6.92 Å².